The van der Waals surface area contributed by atoms with Crippen LogP contribution in [-0.4, -0.2) is 40.9 Å². The molecule has 0 bridgehead atoms. The molecule has 1 amide bonds. The highest BCUT2D eigenvalue weighted by Gasteiger charge is 2.35. The van der Waals surface area contributed by atoms with E-state index in [9.17, 15) is 19.7 Å². The third kappa shape index (κ3) is 3.21. The van der Waals surface area contributed by atoms with E-state index in [1.807, 2.05) is 0 Å². The molecule has 2 rings (SSSR count). The number of amides is 1. The van der Waals surface area contributed by atoms with E-state index in [1.165, 1.54) is 11.0 Å². The van der Waals surface area contributed by atoms with Crippen molar-refractivity contribution in [1.82, 2.24) is 4.90 Å². The molecule has 2 heterocycles. The summed E-state index contributed by atoms with van der Waals surface area (Å²) in [4.78, 5) is 35.5. The Hall–Kier alpha value is -2.38. The van der Waals surface area contributed by atoms with E-state index < -0.39 is 28.7 Å². The van der Waals surface area contributed by atoms with Crippen LogP contribution in [0.5, 0.6) is 0 Å². The van der Waals surface area contributed by atoms with Crippen LogP contribution in [0.2, 0.25) is 0 Å². The second-order valence-electron chi connectivity index (χ2n) is 4.66. The minimum Gasteiger partial charge on any atom is -0.464 e. The second kappa shape index (κ2) is 6.38. The molecule has 21 heavy (non-hydrogen) atoms. The lowest BCUT2D eigenvalue weighted by molar-refractivity contribution is -0.402. The Morgan fingerprint density at radius 1 is 1.48 bits per heavy atom. The standard InChI is InChI=1S/C13H16N2O6/c1-2-20-13(17)9-5-3-4-8-14(9)12(16)10-6-7-11(21-10)15(18)19/h6-7,9H,2-5,8H2,1H3. The van der Waals surface area contributed by atoms with E-state index >= 15 is 0 Å². The Morgan fingerprint density at radius 3 is 2.86 bits per heavy atom. The van der Waals surface area contributed by atoms with Crippen molar-refractivity contribution in [3.63, 3.8) is 0 Å². The third-order valence-electron chi connectivity index (χ3n) is 3.30. The number of ether oxygens (including phenoxy) is 1. The van der Waals surface area contributed by atoms with Gasteiger partial charge < -0.3 is 14.1 Å². The first kappa shape index (κ1) is 15.0. The number of carbonyl (C=O) groups is 2. The predicted molar refractivity (Wildman–Crippen MR) is 70.7 cm³/mol. The van der Waals surface area contributed by atoms with Crippen LogP contribution in [-0.2, 0) is 9.53 Å². The summed E-state index contributed by atoms with van der Waals surface area (Å²) in [7, 11) is 0. The fourth-order valence-electron chi connectivity index (χ4n) is 2.34. The van der Waals surface area contributed by atoms with E-state index in [2.05, 4.69) is 0 Å². The number of nitrogens with zero attached hydrogens (tertiary/aromatic N) is 2. The molecular weight excluding hydrogens is 280 g/mol. The van der Waals surface area contributed by atoms with Gasteiger partial charge in [-0.15, -0.1) is 0 Å². The molecule has 0 radical (unpaired) electrons. The highest BCUT2D eigenvalue weighted by atomic mass is 16.6. The summed E-state index contributed by atoms with van der Waals surface area (Å²) in [6, 6.07) is 1.71. The molecule has 1 aliphatic rings. The maximum atomic E-state index is 12.4. The van der Waals surface area contributed by atoms with Crippen molar-refractivity contribution >= 4 is 17.8 Å². The molecule has 1 unspecified atom stereocenters. The van der Waals surface area contributed by atoms with Gasteiger partial charge in [-0.3, -0.25) is 14.9 Å². The van der Waals surface area contributed by atoms with E-state index in [0.717, 1.165) is 18.9 Å². The van der Waals surface area contributed by atoms with Gasteiger partial charge in [0.05, 0.1) is 12.7 Å². The number of rotatable bonds is 4. The van der Waals surface area contributed by atoms with Crippen molar-refractivity contribution in [1.29, 1.82) is 0 Å². The second-order valence-corrected chi connectivity index (χ2v) is 4.66. The van der Waals surface area contributed by atoms with Gasteiger partial charge in [0.25, 0.3) is 5.91 Å². The number of piperidine rings is 1. The average molecular weight is 296 g/mol. The molecule has 1 aromatic rings. The number of nitro groups is 1. The minimum absolute atomic E-state index is 0.141. The fraction of sp³-hybridized carbons (Fsp3) is 0.538. The average Bonchev–Trinajstić information content (AvgIpc) is 2.97. The van der Waals surface area contributed by atoms with E-state index in [4.69, 9.17) is 9.15 Å². The summed E-state index contributed by atoms with van der Waals surface area (Å²) in [6.07, 6.45) is 2.11. The lowest BCUT2D eigenvalue weighted by atomic mass is 10.0. The summed E-state index contributed by atoms with van der Waals surface area (Å²) in [5.74, 6) is -1.62. The summed E-state index contributed by atoms with van der Waals surface area (Å²) >= 11 is 0. The third-order valence-corrected chi connectivity index (χ3v) is 3.30. The van der Waals surface area contributed by atoms with Crippen molar-refractivity contribution in [2.75, 3.05) is 13.2 Å². The van der Waals surface area contributed by atoms with Gasteiger partial charge in [-0.25, -0.2) is 4.79 Å². The van der Waals surface area contributed by atoms with Crippen molar-refractivity contribution < 1.29 is 23.7 Å². The van der Waals surface area contributed by atoms with Crippen LogP contribution in [0.25, 0.3) is 0 Å². The fourth-order valence-corrected chi connectivity index (χ4v) is 2.34. The predicted octanol–water partition coefficient (Wildman–Crippen LogP) is 1.75. The highest BCUT2D eigenvalue weighted by molar-refractivity contribution is 5.95. The molecule has 0 N–H and O–H groups in total. The molecule has 8 heteroatoms. The van der Waals surface area contributed by atoms with E-state index in [1.54, 1.807) is 6.92 Å². The lowest BCUT2D eigenvalue weighted by Gasteiger charge is -2.33. The van der Waals surface area contributed by atoms with Crippen LogP contribution in [0, 0.1) is 10.1 Å². The minimum atomic E-state index is -0.712. The van der Waals surface area contributed by atoms with Crippen molar-refractivity contribution in [2.45, 2.75) is 32.2 Å². The van der Waals surface area contributed by atoms with Gasteiger partial charge in [0.2, 0.25) is 0 Å². The summed E-state index contributed by atoms with van der Waals surface area (Å²) in [6.45, 7) is 2.34. The van der Waals surface area contributed by atoms with Crippen LogP contribution in [0.1, 0.15) is 36.7 Å². The normalized spacial score (nSPS) is 18.3. The van der Waals surface area contributed by atoms with Gasteiger partial charge in [-0.1, -0.05) is 0 Å². The molecule has 0 spiro atoms. The largest absolute Gasteiger partial charge is 0.464 e. The van der Waals surface area contributed by atoms with Crippen LogP contribution < -0.4 is 0 Å². The lowest BCUT2D eigenvalue weighted by Crippen LogP contribution is -2.48. The van der Waals surface area contributed by atoms with Crippen LogP contribution in [0.3, 0.4) is 0 Å². The Balaban J connectivity index is 2.17. The molecular formula is C13H16N2O6. The van der Waals surface area contributed by atoms with Crippen LogP contribution >= 0.6 is 0 Å². The zero-order valence-electron chi connectivity index (χ0n) is 11.6. The van der Waals surface area contributed by atoms with Gasteiger partial charge in [-0.2, -0.15) is 0 Å². The Kier molecular flexibility index (Phi) is 4.56. The molecule has 1 atom stereocenters. The highest BCUT2D eigenvalue weighted by Crippen LogP contribution is 2.23. The molecule has 114 valence electrons. The van der Waals surface area contributed by atoms with E-state index in [0.29, 0.717) is 13.0 Å². The number of carbonyl (C=O) groups excluding carboxylic acids is 2. The first-order valence-corrected chi connectivity index (χ1v) is 6.76. The van der Waals surface area contributed by atoms with Gasteiger partial charge >= 0.3 is 11.9 Å². The zero-order chi connectivity index (χ0) is 15.4. The van der Waals surface area contributed by atoms with Crippen LogP contribution in [0.4, 0.5) is 5.88 Å². The summed E-state index contributed by atoms with van der Waals surface area (Å²) < 4.78 is 9.88. The van der Waals surface area contributed by atoms with Crippen molar-refractivity contribution in [2.24, 2.45) is 0 Å². The quantitative estimate of drug-likeness (QED) is 0.476. The molecule has 0 saturated carbocycles. The SMILES string of the molecule is CCOC(=O)C1CCCCN1C(=O)c1ccc([N+](=O)[O-])o1. The molecule has 1 fully saturated rings. The topological polar surface area (TPSA) is 103 Å². The summed E-state index contributed by atoms with van der Waals surface area (Å²) in [5, 5.41) is 10.6. The Morgan fingerprint density at radius 2 is 2.24 bits per heavy atom. The first-order valence-electron chi connectivity index (χ1n) is 6.76. The molecule has 0 aliphatic carbocycles. The monoisotopic (exact) mass is 296 g/mol. The molecule has 1 saturated heterocycles. The van der Waals surface area contributed by atoms with Crippen LogP contribution in [0.15, 0.2) is 16.5 Å². The van der Waals surface area contributed by atoms with Gasteiger partial charge in [-0.05, 0) is 32.3 Å². The van der Waals surface area contributed by atoms with Crippen molar-refractivity contribution in [3.8, 4) is 0 Å². The molecule has 1 aromatic heterocycles. The first-order chi connectivity index (χ1) is 10.0. The summed E-state index contributed by atoms with van der Waals surface area (Å²) in [5.41, 5.74) is 0. The van der Waals surface area contributed by atoms with Crippen molar-refractivity contribution in [3.05, 3.63) is 28.0 Å². The van der Waals surface area contributed by atoms with Gasteiger partial charge in [0, 0.05) is 6.54 Å². The smallest absolute Gasteiger partial charge is 0.433 e. The Labute approximate surface area is 120 Å². The van der Waals surface area contributed by atoms with Gasteiger partial charge in [0.15, 0.2) is 5.76 Å². The Bertz CT molecular complexity index is 553. The number of furan rings is 1. The van der Waals surface area contributed by atoms with E-state index in [-0.39, 0.29) is 12.4 Å². The number of hydrogen-bond donors (Lipinski definition) is 0. The molecule has 1 aliphatic heterocycles. The molecule has 8 nitrogen and oxygen atoms in total. The maximum Gasteiger partial charge on any atom is 0.433 e. The maximum absolute atomic E-state index is 12.4. The number of likely N-dealkylation sites (tertiary alicyclic amines) is 1. The number of hydrogen-bond acceptors (Lipinski definition) is 6. The molecule has 0 aromatic carbocycles. The zero-order valence-corrected chi connectivity index (χ0v) is 11.6. The van der Waals surface area contributed by atoms with Gasteiger partial charge in [0.1, 0.15) is 11.0 Å². The number of esters is 1.